The summed E-state index contributed by atoms with van der Waals surface area (Å²) in [5.41, 5.74) is 1.36. The minimum Gasteiger partial charge on any atom is -0.317 e. The van der Waals surface area contributed by atoms with Crippen LogP contribution in [0.1, 0.15) is 58.1 Å². The van der Waals surface area contributed by atoms with Gasteiger partial charge in [-0.3, -0.25) is 0 Å². The smallest absolute Gasteiger partial charge is 0.0728 e. The van der Waals surface area contributed by atoms with E-state index in [0.29, 0.717) is 5.92 Å². The van der Waals surface area contributed by atoms with Crippen molar-refractivity contribution < 1.29 is 0 Å². The van der Waals surface area contributed by atoms with Gasteiger partial charge in [-0.05, 0) is 44.2 Å². The highest BCUT2D eigenvalue weighted by molar-refractivity contribution is 5.08. The predicted octanol–water partition coefficient (Wildman–Crippen LogP) is 2.82. The zero-order valence-electron chi connectivity index (χ0n) is 12.6. The molecular weight excluding hydrogens is 236 g/mol. The van der Waals surface area contributed by atoms with E-state index in [1.54, 1.807) is 0 Å². The van der Waals surface area contributed by atoms with Gasteiger partial charge in [0.2, 0.25) is 0 Å². The molecule has 1 heterocycles. The first-order chi connectivity index (χ1) is 9.26. The summed E-state index contributed by atoms with van der Waals surface area (Å²) in [6.45, 7) is 9.95. The van der Waals surface area contributed by atoms with Gasteiger partial charge in [-0.25, -0.2) is 4.68 Å². The molecule has 1 aliphatic carbocycles. The maximum absolute atomic E-state index is 4.27. The van der Waals surface area contributed by atoms with Crippen LogP contribution in [0.4, 0.5) is 0 Å². The number of aryl methyl sites for hydroxylation is 1. The van der Waals surface area contributed by atoms with E-state index in [4.69, 9.17) is 0 Å². The molecule has 0 saturated heterocycles. The molecule has 0 aliphatic heterocycles. The van der Waals surface area contributed by atoms with Crippen LogP contribution in [0.3, 0.4) is 0 Å². The van der Waals surface area contributed by atoms with E-state index in [-0.39, 0.29) is 0 Å². The number of aromatic nitrogens is 3. The average molecular weight is 264 g/mol. The molecular formula is C15H28N4. The lowest BCUT2D eigenvalue weighted by molar-refractivity contribution is 0.233. The third kappa shape index (κ3) is 3.56. The molecule has 2 rings (SSSR count). The Bertz CT molecular complexity index is 372. The van der Waals surface area contributed by atoms with E-state index in [2.05, 4.69) is 41.1 Å². The highest BCUT2D eigenvalue weighted by Gasteiger charge is 2.31. The maximum Gasteiger partial charge on any atom is 0.0728 e. The number of rotatable bonds is 6. The Hall–Kier alpha value is -0.900. The number of hydrogen-bond donors (Lipinski definition) is 1. The lowest BCUT2D eigenvalue weighted by Gasteiger charge is -2.35. The van der Waals surface area contributed by atoms with Gasteiger partial charge in [0.05, 0.1) is 11.9 Å². The Kier molecular flexibility index (Phi) is 5.37. The third-order valence-corrected chi connectivity index (χ3v) is 4.38. The van der Waals surface area contributed by atoms with Crippen molar-refractivity contribution in [2.75, 3.05) is 13.1 Å². The van der Waals surface area contributed by atoms with E-state index in [0.717, 1.165) is 37.9 Å². The first-order valence-corrected chi connectivity index (χ1v) is 7.85. The van der Waals surface area contributed by atoms with Crippen molar-refractivity contribution in [2.24, 2.45) is 11.8 Å². The summed E-state index contributed by atoms with van der Waals surface area (Å²) in [6, 6.07) is 0. The van der Waals surface area contributed by atoms with Crippen molar-refractivity contribution in [1.82, 2.24) is 20.3 Å². The van der Waals surface area contributed by atoms with Gasteiger partial charge in [0.1, 0.15) is 0 Å². The summed E-state index contributed by atoms with van der Waals surface area (Å²) in [5, 5.41) is 11.9. The second kappa shape index (κ2) is 7.04. The molecule has 108 valence electrons. The lowest BCUT2D eigenvalue weighted by Crippen LogP contribution is -2.32. The van der Waals surface area contributed by atoms with Crippen LogP contribution in [0.15, 0.2) is 6.20 Å². The van der Waals surface area contributed by atoms with Crippen molar-refractivity contribution >= 4 is 0 Å². The summed E-state index contributed by atoms with van der Waals surface area (Å²) >= 11 is 0. The average Bonchev–Trinajstić information content (AvgIpc) is 2.86. The van der Waals surface area contributed by atoms with Crippen LogP contribution < -0.4 is 5.32 Å². The Morgan fingerprint density at radius 1 is 1.37 bits per heavy atom. The highest BCUT2D eigenvalue weighted by atomic mass is 15.4. The van der Waals surface area contributed by atoms with Crippen LogP contribution in [0.2, 0.25) is 0 Å². The Morgan fingerprint density at radius 2 is 2.21 bits per heavy atom. The molecule has 1 fully saturated rings. The Morgan fingerprint density at radius 3 is 2.95 bits per heavy atom. The molecule has 0 amide bonds. The first kappa shape index (κ1) is 14.5. The summed E-state index contributed by atoms with van der Waals surface area (Å²) < 4.78 is 2.13. The van der Waals surface area contributed by atoms with Crippen LogP contribution in [-0.4, -0.2) is 28.1 Å². The second-order valence-electron chi connectivity index (χ2n) is 5.97. The fourth-order valence-corrected chi connectivity index (χ4v) is 3.32. The highest BCUT2D eigenvalue weighted by Crippen LogP contribution is 2.39. The van der Waals surface area contributed by atoms with E-state index < -0.39 is 0 Å². The van der Waals surface area contributed by atoms with Crippen LogP contribution in [0.25, 0.3) is 0 Å². The van der Waals surface area contributed by atoms with Gasteiger partial charge in [-0.2, -0.15) is 0 Å². The molecule has 19 heavy (non-hydrogen) atoms. The van der Waals surface area contributed by atoms with Gasteiger partial charge < -0.3 is 5.32 Å². The van der Waals surface area contributed by atoms with Gasteiger partial charge in [0.15, 0.2) is 0 Å². The van der Waals surface area contributed by atoms with E-state index in [9.17, 15) is 0 Å². The topological polar surface area (TPSA) is 42.7 Å². The number of nitrogens with zero attached hydrogens (tertiary/aromatic N) is 3. The fourth-order valence-electron chi connectivity index (χ4n) is 3.32. The molecule has 3 unspecified atom stereocenters. The number of nitrogens with one attached hydrogen (secondary N) is 1. The Balaban J connectivity index is 2.13. The Labute approximate surface area is 117 Å². The van der Waals surface area contributed by atoms with Crippen LogP contribution in [0.5, 0.6) is 0 Å². The van der Waals surface area contributed by atoms with Crippen LogP contribution >= 0.6 is 0 Å². The number of hydrogen-bond acceptors (Lipinski definition) is 3. The molecule has 1 aromatic rings. The molecule has 0 spiro atoms. The van der Waals surface area contributed by atoms with Crippen molar-refractivity contribution in [3.8, 4) is 0 Å². The largest absolute Gasteiger partial charge is 0.317 e. The summed E-state index contributed by atoms with van der Waals surface area (Å²) in [6.07, 6.45) is 7.10. The third-order valence-electron chi connectivity index (χ3n) is 4.38. The predicted molar refractivity (Wildman–Crippen MR) is 78.1 cm³/mol. The molecule has 1 N–H and O–H groups in total. The summed E-state index contributed by atoms with van der Waals surface area (Å²) in [4.78, 5) is 0. The monoisotopic (exact) mass is 264 g/mol. The summed E-state index contributed by atoms with van der Waals surface area (Å²) in [7, 11) is 0. The molecule has 0 radical (unpaired) electrons. The lowest BCUT2D eigenvalue weighted by atomic mass is 9.73. The standard InChI is InChI=1S/C15H28N4/c1-4-8-19-15(11-17-18-19)14-9-12(3)6-7-13(14)10-16-5-2/h11-14,16H,4-10H2,1-3H3. The van der Waals surface area contributed by atoms with Gasteiger partial charge >= 0.3 is 0 Å². The van der Waals surface area contributed by atoms with Crippen molar-refractivity contribution in [2.45, 2.75) is 58.9 Å². The summed E-state index contributed by atoms with van der Waals surface area (Å²) in [5.74, 6) is 2.20. The van der Waals surface area contributed by atoms with E-state index in [1.807, 2.05) is 6.20 Å². The minimum atomic E-state index is 0.629. The molecule has 1 aliphatic rings. The molecule has 4 nitrogen and oxygen atoms in total. The van der Waals surface area contributed by atoms with Gasteiger partial charge in [0, 0.05) is 12.5 Å². The molecule has 1 aromatic heterocycles. The first-order valence-electron chi connectivity index (χ1n) is 7.85. The van der Waals surface area contributed by atoms with Crippen molar-refractivity contribution in [1.29, 1.82) is 0 Å². The molecule has 1 saturated carbocycles. The fraction of sp³-hybridized carbons (Fsp3) is 0.867. The van der Waals surface area contributed by atoms with E-state index >= 15 is 0 Å². The molecule has 0 aromatic carbocycles. The zero-order chi connectivity index (χ0) is 13.7. The minimum absolute atomic E-state index is 0.629. The molecule has 4 heteroatoms. The van der Waals surface area contributed by atoms with Crippen molar-refractivity contribution in [3.63, 3.8) is 0 Å². The second-order valence-corrected chi connectivity index (χ2v) is 5.97. The quantitative estimate of drug-likeness (QED) is 0.859. The van der Waals surface area contributed by atoms with Crippen LogP contribution in [0, 0.1) is 11.8 Å². The molecule has 0 bridgehead atoms. The van der Waals surface area contributed by atoms with Gasteiger partial charge in [0.25, 0.3) is 0 Å². The van der Waals surface area contributed by atoms with Gasteiger partial charge in [-0.1, -0.05) is 32.4 Å². The SMILES string of the molecule is CCCn1nncc1C1CC(C)CCC1CNCC. The normalized spacial score (nSPS) is 27.6. The van der Waals surface area contributed by atoms with E-state index in [1.165, 1.54) is 25.0 Å². The zero-order valence-corrected chi connectivity index (χ0v) is 12.6. The van der Waals surface area contributed by atoms with Crippen molar-refractivity contribution in [3.05, 3.63) is 11.9 Å². The molecule has 3 atom stereocenters. The van der Waals surface area contributed by atoms with Crippen LogP contribution in [-0.2, 0) is 6.54 Å². The van der Waals surface area contributed by atoms with Gasteiger partial charge in [-0.15, -0.1) is 5.10 Å². The maximum atomic E-state index is 4.27.